The molecule has 1 saturated carbocycles. The second-order valence-corrected chi connectivity index (χ2v) is 10.1. The standard InChI is InChI=1S/C27H42N2O4/c1-4-27(5-2)22-16-20(25(28)30)12-11-19(22)17-23(33-3)24(27)29-14-13-21(26(31)32)15-18-9-7-6-8-10-18/h11-12,16,18,21,23-24,29H,4-10,13-15,17H2,1-3H3,(H2,28,30)(H,31,32)/t21-,23-,24+/m1/s1. The molecule has 0 spiro atoms. The van der Waals surface area contributed by atoms with Crippen LogP contribution in [0, 0.1) is 11.8 Å². The Labute approximate surface area is 198 Å². The summed E-state index contributed by atoms with van der Waals surface area (Å²) in [6.07, 6.45) is 10.0. The number of primary amides is 1. The van der Waals surface area contributed by atoms with Gasteiger partial charge in [0.25, 0.3) is 0 Å². The average Bonchev–Trinajstić information content (AvgIpc) is 2.83. The van der Waals surface area contributed by atoms with Gasteiger partial charge in [0.1, 0.15) is 0 Å². The molecule has 3 rings (SSSR count). The molecular weight excluding hydrogens is 416 g/mol. The largest absolute Gasteiger partial charge is 0.481 e. The molecule has 184 valence electrons. The minimum atomic E-state index is -0.678. The van der Waals surface area contributed by atoms with Gasteiger partial charge >= 0.3 is 5.97 Å². The number of nitrogens with one attached hydrogen (secondary N) is 1. The molecule has 1 amide bonds. The summed E-state index contributed by atoms with van der Waals surface area (Å²) in [7, 11) is 1.75. The van der Waals surface area contributed by atoms with E-state index in [9.17, 15) is 14.7 Å². The smallest absolute Gasteiger partial charge is 0.306 e. The van der Waals surface area contributed by atoms with Crippen LogP contribution in [0.5, 0.6) is 0 Å². The molecule has 0 unspecified atom stereocenters. The number of ether oxygens (including phenoxy) is 1. The Hall–Kier alpha value is -1.92. The molecule has 1 aromatic carbocycles. The van der Waals surface area contributed by atoms with E-state index in [4.69, 9.17) is 10.5 Å². The van der Waals surface area contributed by atoms with Crippen molar-refractivity contribution >= 4 is 11.9 Å². The molecule has 0 radical (unpaired) electrons. The number of rotatable bonds is 11. The number of methoxy groups -OCH3 is 1. The molecule has 0 aliphatic heterocycles. The van der Waals surface area contributed by atoms with Crippen LogP contribution in [0.25, 0.3) is 0 Å². The Kier molecular flexibility index (Phi) is 8.94. The molecule has 2 aliphatic rings. The van der Waals surface area contributed by atoms with Crippen molar-refractivity contribution in [3.63, 3.8) is 0 Å². The van der Waals surface area contributed by atoms with Crippen LogP contribution < -0.4 is 11.1 Å². The third-order valence-corrected chi connectivity index (χ3v) is 8.43. The average molecular weight is 459 g/mol. The van der Waals surface area contributed by atoms with E-state index in [2.05, 4.69) is 19.2 Å². The normalized spacial score (nSPS) is 23.6. The van der Waals surface area contributed by atoms with Gasteiger partial charge in [-0.3, -0.25) is 9.59 Å². The maximum absolute atomic E-state index is 12.0. The first-order valence-corrected chi connectivity index (χ1v) is 12.8. The molecule has 6 nitrogen and oxygen atoms in total. The van der Waals surface area contributed by atoms with E-state index >= 15 is 0 Å². The quantitative estimate of drug-likeness (QED) is 0.455. The Balaban J connectivity index is 1.78. The number of benzene rings is 1. The van der Waals surface area contributed by atoms with Gasteiger partial charge in [-0.15, -0.1) is 0 Å². The number of carboxylic acids is 1. The lowest BCUT2D eigenvalue weighted by molar-refractivity contribution is -0.142. The number of fused-ring (bicyclic) bond motifs is 1. The maximum atomic E-state index is 12.0. The van der Waals surface area contributed by atoms with Gasteiger partial charge in [-0.2, -0.15) is 0 Å². The van der Waals surface area contributed by atoms with E-state index < -0.39 is 11.9 Å². The fourth-order valence-electron chi connectivity index (χ4n) is 6.43. The Morgan fingerprint density at radius 3 is 2.48 bits per heavy atom. The first-order chi connectivity index (χ1) is 15.9. The van der Waals surface area contributed by atoms with Gasteiger partial charge in [-0.25, -0.2) is 0 Å². The molecule has 0 bridgehead atoms. The summed E-state index contributed by atoms with van der Waals surface area (Å²) in [5.41, 5.74) is 8.29. The van der Waals surface area contributed by atoms with Crippen LogP contribution in [0.4, 0.5) is 0 Å². The Bertz CT molecular complexity index is 814. The van der Waals surface area contributed by atoms with Crippen LogP contribution in [0.3, 0.4) is 0 Å². The molecular formula is C27H42N2O4. The van der Waals surface area contributed by atoms with Crippen LogP contribution in [0.2, 0.25) is 0 Å². The van der Waals surface area contributed by atoms with Crippen molar-refractivity contribution in [1.82, 2.24) is 5.32 Å². The van der Waals surface area contributed by atoms with E-state index in [0.717, 1.165) is 25.7 Å². The predicted octanol–water partition coefficient (Wildman–Crippen LogP) is 4.43. The zero-order valence-corrected chi connectivity index (χ0v) is 20.6. The molecule has 6 heteroatoms. The highest BCUT2D eigenvalue weighted by molar-refractivity contribution is 5.93. The minimum absolute atomic E-state index is 0.0153. The van der Waals surface area contributed by atoms with E-state index in [1.54, 1.807) is 13.2 Å². The van der Waals surface area contributed by atoms with Crippen molar-refractivity contribution in [2.45, 2.75) is 95.6 Å². The summed E-state index contributed by atoms with van der Waals surface area (Å²) in [6, 6.07) is 5.83. The van der Waals surface area contributed by atoms with Crippen LogP contribution in [0.1, 0.15) is 93.1 Å². The summed E-state index contributed by atoms with van der Waals surface area (Å²) in [5.74, 6) is -0.852. The van der Waals surface area contributed by atoms with E-state index in [-0.39, 0.29) is 23.5 Å². The van der Waals surface area contributed by atoms with Crippen molar-refractivity contribution in [2.24, 2.45) is 17.6 Å². The minimum Gasteiger partial charge on any atom is -0.481 e. The summed E-state index contributed by atoms with van der Waals surface area (Å²) in [4.78, 5) is 23.9. The lowest BCUT2D eigenvalue weighted by atomic mass is 9.62. The van der Waals surface area contributed by atoms with Crippen molar-refractivity contribution in [3.05, 3.63) is 34.9 Å². The Morgan fingerprint density at radius 1 is 1.21 bits per heavy atom. The first kappa shape index (κ1) is 25.7. The number of nitrogens with two attached hydrogens (primary N) is 1. The molecule has 0 heterocycles. The highest BCUT2D eigenvalue weighted by Gasteiger charge is 2.46. The van der Waals surface area contributed by atoms with Crippen LogP contribution in [-0.2, 0) is 21.4 Å². The maximum Gasteiger partial charge on any atom is 0.306 e. The zero-order chi connectivity index (χ0) is 24.0. The van der Waals surface area contributed by atoms with Gasteiger partial charge in [-0.1, -0.05) is 52.0 Å². The summed E-state index contributed by atoms with van der Waals surface area (Å²) in [6.45, 7) is 5.00. The Morgan fingerprint density at radius 2 is 1.91 bits per heavy atom. The summed E-state index contributed by atoms with van der Waals surface area (Å²) >= 11 is 0. The van der Waals surface area contributed by atoms with Crippen molar-refractivity contribution in [3.8, 4) is 0 Å². The van der Waals surface area contributed by atoms with Gasteiger partial charge in [0.05, 0.1) is 12.0 Å². The molecule has 0 saturated heterocycles. The number of hydrogen-bond acceptors (Lipinski definition) is 4. The molecule has 0 aromatic heterocycles. The third kappa shape index (κ3) is 5.60. The van der Waals surface area contributed by atoms with Gasteiger partial charge in [0.15, 0.2) is 0 Å². The number of hydrogen-bond donors (Lipinski definition) is 3. The van der Waals surface area contributed by atoms with E-state index in [1.807, 2.05) is 12.1 Å². The van der Waals surface area contributed by atoms with E-state index in [0.29, 0.717) is 24.4 Å². The SMILES string of the molecule is CCC1(CC)c2cc(C(N)=O)ccc2C[C@@H](OC)[C@@H]1NCC[C@H](CC1CCCCC1)C(=O)O. The van der Waals surface area contributed by atoms with E-state index in [1.165, 1.54) is 43.2 Å². The number of aliphatic carboxylic acids is 1. The fourth-order valence-corrected chi connectivity index (χ4v) is 6.43. The van der Waals surface area contributed by atoms with Gasteiger partial charge in [0, 0.05) is 30.6 Å². The lowest BCUT2D eigenvalue weighted by Gasteiger charge is -2.49. The monoisotopic (exact) mass is 458 g/mol. The number of carbonyl (C=O) groups is 2. The number of amides is 1. The van der Waals surface area contributed by atoms with Crippen molar-refractivity contribution in [1.29, 1.82) is 0 Å². The number of carboxylic acid groups (broad SMARTS) is 1. The van der Waals surface area contributed by atoms with Crippen LogP contribution in [0.15, 0.2) is 18.2 Å². The zero-order valence-electron chi connectivity index (χ0n) is 20.6. The molecule has 2 aliphatic carbocycles. The molecule has 33 heavy (non-hydrogen) atoms. The number of carbonyl (C=O) groups excluding carboxylic acids is 1. The van der Waals surface area contributed by atoms with Crippen molar-refractivity contribution < 1.29 is 19.4 Å². The van der Waals surface area contributed by atoms with Crippen molar-refractivity contribution in [2.75, 3.05) is 13.7 Å². The van der Waals surface area contributed by atoms with Gasteiger partial charge in [0.2, 0.25) is 5.91 Å². The summed E-state index contributed by atoms with van der Waals surface area (Å²) < 4.78 is 5.95. The lowest BCUT2D eigenvalue weighted by Crippen LogP contribution is -2.59. The second kappa shape index (κ2) is 11.5. The van der Waals surface area contributed by atoms with Gasteiger partial charge < -0.3 is 20.9 Å². The topological polar surface area (TPSA) is 102 Å². The first-order valence-electron chi connectivity index (χ1n) is 12.8. The molecule has 4 N–H and O–H groups in total. The highest BCUT2D eigenvalue weighted by Crippen LogP contribution is 2.44. The highest BCUT2D eigenvalue weighted by atomic mass is 16.5. The predicted molar refractivity (Wildman–Crippen MR) is 130 cm³/mol. The summed E-state index contributed by atoms with van der Waals surface area (Å²) in [5, 5.41) is 13.6. The van der Waals surface area contributed by atoms with Crippen LogP contribution in [-0.4, -0.2) is 42.8 Å². The fraction of sp³-hybridized carbons (Fsp3) is 0.704. The molecule has 3 atom stereocenters. The van der Waals surface area contributed by atoms with Crippen LogP contribution >= 0.6 is 0 Å². The molecule has 1 fully saturated rings. The molecule has 1 aromatic rings. The van der Waals surface area contributed by atoms with Gasteiger partial charge in [-0.05, 0) is 61.4 Å². The third-order valence-electron chi connectivity index (χ3n) is 8.43. The second-order valence-electron chi connectivity index (χ2n) is 10.1.